The lowest BCUT2D eigenvalue weighted by molar-refractivity contribution is -0.144. The van der Waals surface area contributed by atoms with Gasteiger partial charge in [0.2, 0.25) is 17.7 Å². The number of aliphatic hydroxyl groups is 1. The van der Waals surface area contributed by atoms with Crippen molar-refractivity contribution in [2.75, 3.05) is 13.1 Å². The quantitative estimate of drug-likeness (QED) is 0.746. The summed E-state index contributed by atoms with van der Waals surface area (Å²) in [6, 6.07) is 11.0. The summed E-state index contributed by atoms with van der Waals surface area (Å²) in [7, 11) is 0. The molecule has 3 heterocycles. The molecule has 4 rings (SSSR count). The molecular weight excluding hydrogens is 394 g/mol. The molecule has 0 aliphatic carbocycles. The highest BCUT2D eigenvalue weighted by Crippen LogP contribution is 2.42. The van der Waals surface area contributed by atoms with E-state index in [0.29, 0.717) is 13.0 Å². The van der Waals surface area contributed by atoms with Gasteiger partial charge in [0.15, 0.2) is 0 Å². The monoisotopic (exact) mass is 421 g/mol. The molecule has 2 aliphatic rings. The first-order valence-corrected chi connectivity index (χ1v) is 10.7. The van der Waals surface area contributed by atoms with Gasteiger partial charge in [-0.15, -0.1) is 0 Å². The Balaban J connectivity index is 1.68. The second-order valence-electron chi connectivity index (χ2n) is 8.53. The van der Waals surface area contributed by atoms with Crippen LogP contribution in [0.1, 0.15) is 42.4 Å². The van der Waals surface area contributed by atoms with E-state index in [9.17, 15) is 19.5 Å². The molecule has 2 aliphatic heterocycles. The third kappa shape index (κ3) is 4.10. The molecule has 1 N–H and O–H groups in total. The number of carbonyl (C=O) groups excluding carboxylic acids is 3. The van der Waals surface area contributed by atoms with Crippen LogP contribution in [0.2, 0.25) is 0 Å². The van der Waals surface area contributed by atoms with Crippen molar-refractivity contribution in [2.24, 2.45) is 0 Å². The number of likely N-dealkylation sites (tertiary alicyclic amines) is 2. The van der Waals surface area contributed by atoms with Gasteiger partial charge in [-0.05, 0) is 48.6 Å². The number of pyridine rings is 1. The summed E-state index contributed by atoms with van der Waals surface area (Å²) in [5.74, 6) is -0.819. The van der Waals surface area contributed by atoms with Crippen LogP contribution in [0.4, 0.5) is 0 Å². The highest BCUT2D eigenvalue weighted by Gasteiger charge is 2.54. The molecule has 7 nitrogen and oxygen atoms in total. The molecule has 2 aromatic rings. The fourth-order valence-corrected chi connectivity index (χ4v) is 4.74. The summed E-state index contributed by atoms with van der Waals surface area (Å²) in [4.78, 5) is 46.9. The summed E-state index contributed by atoms with van der Waals surface area (Å²) in [6.45, 7) is 2.88. The average molecular weight is 421 g/mol. The van der Waals surface area contributed by atoms with Crippen LogP contribution in [0.15, 0.2) is 48.8 Å². The lowest BCUT2D eigenvalue weighted by Gasteiger charge is -2.34. The molecule has 1 aromatic carbocycles. The number of carbonyl (C=O) groups is 3. The predicted molar refractivity (Wildman–Crippen MR) is 114 cm³/mol. The number of piperidine rings is 1. The molecule has 1 aromatic heterocycles. The Morgan fingerprint density at radius 1 is 1.19 bits per heavy atom. The third-order valence-electron chi connectivity index (χ3n) is 6.36. The minimum absolute atomic E-state index is 0.0378. The maximum Gasteiger partial charge on any atom is 0.241 e. The number of aliphatic hydroxyl groups excluding tert-OH is 1. The van der Waals surface area contributed by atoms with Crippen LogP contribution >= 0.6 is 0 Å². The molecule has 7 heteroatoms. The molecule has 162 valence electrons. The van der Waals surface area contributed by atoms with E-state index in [1.807, 2.05) is 31.2 Å². The standard InChI is InChI=1S/C24H27N3O4/c1-17-5-2-3-7-20(17)24(13-21(29)26-12-4-6-19(28)16-26)14-22(30)27(23(24)31)15-18-8-10-25-11-9-18/h2-3,5,7-11,19,28H,4,6,12-16H2,1H3/t19-,24+/m0/s1. The Morgan fingerprint density at radius 3 is 2.65 bits per heavy atom. The molecule has 0 unspecified atom stereocenters. The number of β-amino-alcohol motifs (C(OH)–C–C–N with tert-alkyl or cyclic N) is 1. The Labute approximate surface area is 181 Å². The van der Waals surface area contributed by atoms with Gasteiger partial charge in [0.25, 0.3) is 0 Å². The molecule has 0 saturated carbocycles. The van der Waals surface area contributed by atoms with Crippen LogP contribution in [0.5, 0.6) is 0 Å². The van der Waals surface area contributed by atoms with Gasteiger partial charge >= 0.3 is 0 Å². The zero-order valence-corrected chi connectivity index (χ0v) is 17.7. The Morgan fingerprint density at radius 2 is 1.94 bits per heavy atom. The SMILES string of the molecule is Cc1ccccc1[C@@]1(CC(=O)N2CCC[C@H](O)C2)CC(=O)N(Cc2ccncc2)C1=O. The Kier molecular flexibility index (Phi) is 5.87. The summed E-state index contributed by atoms with van der Waals surface area (Å²) in [5.41, 5.74) is 1.18. The Bertz CT molecular complexity index is 993. The summed E-state index contributed by atoms with van der Waals surface area (Å²) in [5, 5.41) is 9.99. The highest BCUT2D eigenvalue weighted by atomic mass is 16.3. The largest absolute Gasteiger partial charge is 0.391 e. The smallest absolute Gasteiger partial charge is 0.241 e. The Hall–Kier alpha value is -3.06. The number of imide groups is 1. The fraction of sp³-hybridized carbons (Fsp3) is 0.417. The lowest BCUT2D eigenvalue weighted by atomic mass is 9.73. The first kappa shape index (κ1) is 21.2. The molecule has 0 bridgehead atoms. The maximum atomic E-state index is 13.7. The number of hydrogen-bond donors (Lipinski definition) is 1. The van der Waals surface area contributed by atoms with Crippen LogP contribution in [0.25, 0.3) is 0 Å². The summed E-state index contributed by atoms with van der Waals surface area (Å²) < 4.78 is 0. The molecule has 3 amide bonds. The van der Waals surface area contributed by atoms with Gasteiger partial charge in [-0.25, -0.2) is 0 Å². The minimum atomic E-state index is -1.23. The highest BCUT2D eigenvalue weighted by molar-refractivity contribution is 6.10. The van der Waals surface area contributed by atoms with E-state index in [1.54, 1.807) is 29.4 Å². The van der Waals surface area contributed by atoms with Crippen LogP contribution < -0.4 is 0 Å². The molecule has 0 radical (unpaired) electrons. The predicted octanol–water partition coefficient (Wildman–Crippen LogP) is 1.96. The van der Waals surface area contributed by atoms with E-state index in [0.717, 1.165) is 23.1 Å². The normalized spacial score (nSPS) is 24.0. The van der Waals surface area contributed by atoms with Gasteiger partial charge in [-0.2, -0.15) is 0 Å². The summed E-state index contributed by atoms with van der Waals surface area (Å²) >= 11 is 0. The first-order chi connectivity index (χ1) is 14.9. The summed E-state index contributed by atoms with van der Waals surface area (Å²) in [6.07, 6.45) is 3.98. The van der Waals surface area contributed by atoms with E-state index in [1.165, 1.54) is 4.90 Å². The van der Waals surface area contributed by atoms with Crippen molar-refractivity contribution in [1.82, 2.24) is 14.8 Å². The molecular formula is C24H27N3O4. The van der Waals surface area contributed by atoms with Crippen molar-refractivity contribution in [3.8, 4) is 0 Å². The topological polar surface area (TPSA) is 90.8 Å². The van der Waals surface area contributed by atoms with Crippen LogP contribution in [-0.2, 0) is 26.3 Å². The fourth-order valence-electron chi connectivity index (χ4n) is 4.74. The number of hydrogen-bond acceptors (Lipinski definition) is 5. The minimum Gasteiger partial charge on any atom is -0.391 e. The van der Waals surface area contributed by atoms with Crippen LogP contribution in [-0.4, -0.2) is 56.8 Å². The molecule has 31 heavy (non-hydrogen) atoms. The molecule has 2 atom stereocenters. The van der Waals surface area contributed by atoms with Crippen molar-refractivity contribution in [3.05, 3.63) is 65.5 Å². The number of benzene rings is 1. The van der Waals surface area contributed by atoms with Crippen LogP contribution in [0, 0.1) is 6.92 Å². The molecule has 0 spiro atoms. The van der Waals surface area contributed by atoms with Gasteiger partial charge in [0.05, 0.1) is 18.1 Å². The molecule has 2 saturated heterocycles. The van der Waals surface area contributed by atoms with Gasteiger partial charge in [0, 0.05) is 38.3 Å². The zero-order chi connectivity index (χ0) is 22.0. The van der Waals surface area contributed by atoms with Gasteiger partial charge in [-0.1, -0.05) is 24.3 Å². The first-order valence-electron chi connectivity index (χ1n) is 10.7. The van der Waals surface area contributed by atoms with E-state index < -0.39 is 11.5 Å². The number of aromatic nitrogens is 1. The number of aryl methyl sites for hydroxylation is 1. The van der Waals surface area contributed by atoms with Crippen molar-refractivity contribution in [2.45, 2.75) is 50.7 Å². The zero-order valence-electron chi connectivity index (χ0n) is 17.7. The van der Waals surface area contributed by atoms with Gasteiger partial charge < -0.3 is 10.0 Å². The number of amides is 3. The van der Waals surface area contributed by atoms with Crippen molar-refractivity contribution in [1.29, 1.82) is 0 Å². The average Bonchev–Trinajstić information content (AvgIpc) is 2.99. The van der Waals surface area contributed by atoms with Crippen molar-refractivity contribution >= 4 is 17.7 Å². The third-order valence-corrected chi connectivity index (χ3v) is 6.36. The van der Waals surface area contributed by atoms with Crippen molar-refractivity contribution in [3.63, 3.8) is 0 Å². The lowest BCUT2D eigenvalue weighted by Crippen LogP contribution is -2.47. The van der Waals surface area contributed by atoms with Gasteiger partial charge in [-0.3, -0.25) is 24.3 Å². The maximum absolute atomic E-state index is 13.7. The van der Waals surface area contributed by atoms with E-state index in [4.69, 9.17) is 0 Å². The number of nitrogens with zero attached hydrogens (tertiary/aromatic N) is 3. The second-order valence-corrected chi connectivity index (χ2v) is 8.53. The van der Waals surface area contributed by atoms with Crippen molar-refractivity contribution < 1.29 is 19.5 Å². The second kappa shape index (κ2) is 8.59. The number of rotatable bonds is 5. The van der Waals surface area contributed by atoms with E-state index in [2.05, 4.69) is 4.98 Å². The van der Waals surface area contributed by atoms with E-state index >= 15 is 0 Å². The van der Waals surface area contributed by atoms with Crippen LogP contribution in [0.3, 0.4) is 0 Å². The van der Waals surface area contributed by atoms with Gasteiger partial charge in [0.1, 0.15) is 0 Å². The van der Waals surface area contributed by atoms with E-state index in [-0.39, 0.29) is 43.7 Å². The molecule has 2 fully saturated rings.